The summed E-state index contributed by atoms with van der Waals surface area (Å²) in [4.78, 5) is 33.4. The lowest BCUT2D eigenvalue weighted by Crippen LogP contribution is -2.50. The number of para-hydroxylation sites is 2. The number of esters is 1. The molecule has 178 valence electrons. The number of carbonyl (C=O) groups excluding carboxylic acids is 2. The van der Waals surface area contributed by atoms with Crippen molar-refractivity contribution in [1.82, 2.24) is 9.55 Å². The maximum Gasteiger partial charge on any atom is 0.321 e. The lowest BCUT2D eigenvalue weighted by molar-refractivity contribution is -0.153. The van der Waals surface area contributed by atoms with Gasteiger partial charge in [-0.15, -0.1) is 0 Å². The maximum absolute atomic E-state index is 13.9. The Hall–Kier alpha value is -4.33. The Labute approximate surface area is 202 Å². The van der Waals surface area contributed by atoms with E-state index in [-0.39, 0.29) is 18.1 Å². The van der Waals surface area contributed by atoms with Gasteiger partial charge in [0.2, 0.25) is 11.9 Å². The lowest BCUT2D eigenvalue weighted by atomic mass is 9.89. The molecular formula is C27H25N3O5. The number of anilines is 1. The first-order valence-electron chi connectivity index (χ1n) is 11.5. The molecule has 1 aromatic heterocycles. The molecule has 0 aliphatic carbocycles. The number of hydrogen-bond donors (Lipinski definition) is 2. The number of ether oxygens (including phenoxy) is 1. The lowest BCUT2D eigenvalue weighted by Gasteiger charge is -2.38. The zero-order chi connectivity index (χ0) is 24.5. The summed E-state index contributed by atoms with van der Waals surface area (Å²) in [5.41, 5.74) is 2.96. The van der Waals surface area contributed by atoms with E-state index in [1.54, 1.807) is 17.9 Å². The average Bonchev–Trinajstić information content (AvgIpc) is 3.24. The number of aromatic hydroxyl groups is 2. The van der Waals surface area contributed by atoms with Crippen LogP contribution in [0, 0.1) is 5.92 Å². The molecule has 1 aliphatic heterocycles. The van der Waals surface area contributed by atoms with Gasteiger partial charge in [0.15, 0.2) is 17.4 Å². The van der Waals surface area contributed by atoms with E-state index in [9.17, 15) is 19.8 Å². The van der Waals surface area contributed by atoms with Crippen LogP contribution in [-0.2, 0) is 20.7 Å². The third kappa shape index (κ3) is 3.97. The quantitative estimate of drug-likeness (QED) is 0.252. The molecule has 2 N–H and O–H groups in total. The number of imidazole rings is 1. The Morgan fingerprint density at radius 1 is 1.00 bits per heavy atom. The second-order valence-electron chi connectivity index (χ2n) is 8.42. The van der Waals surface area contributed by atoms with Gasteiger partial charge in [0, 0.05) is 6.54 Å². The fourth-order valence-electron chi connectivity index (χ4n) is 4.67. The Kier molecular flexibility index (Phi) is 5.86. The van der Waals surface area contributed by atoms with Gasteiger partial charge in [-0.05, 0) is 48.7 Å². The fraction of sp³-hybridized carbons (Fsp3) is 0.222. The number of fused-ring (bicyclic) bond motifs is 3. The number of carbonyl (C=O) groups is 2. The minimum Gasteiger partial charge on any atom is -0.504 e. The maximum atomic E-state index is 13.9. The van der Waals surface area contributed by atoms with Crippen molar-refractivity contribution in [1.29, 1.82) is 0 Å². The molecule has 0 saturated heterocycles. The molecule has 1 amide bonds. The first kappa shape index (κ1) is 22.5. The molecule has 5 rings (SSSR count). The summed E-state index contributed by atoms with van der Waals surface area (Å²) in [5.74, 6) is -2.47. The largest absolute Gasteiger partial charge is 0.504 e. The van der Waals surface area contributed by atoms with Crippen LogP contribution < -0.4 is 4.90 Å². The normalized spacial score (nSPS) is 17.4. The Bertz CT molecular complexity index is 1400. The summed E-state index contributed by atoms with van der Waals surface area (Å²) in [7, 11) is 0. The Morgan fingerprint density at radius 3 is 2.49 bits per heavy atom. The van der Waals surface area contributed by atoms with E-state index in [0.717, 1.165) is 11.1 Å². The smallest absolute Gasteiger partial charge is 0.321 e. The average molecular weight is 472 g/mol. The van der Waals surface area contributed by atoms with Crippen LogP contribution in [0.1, 0.15) is 24.1 Å². The molecule has 1 aliphatic rings. The summed E-state index contributed by atoms with van der Waals surface area (Å²) in [6.07, 6.45) is 0.579. The van der Waals surface area contributed by atoms with Gasteiger partial charge in [0.1, 0.15) is 0 Å². The number of benzene rings is 3. The zero-order valence-electron chi connectivity index (χ0n) is 19.2. The van der Waals surface area contributed by atoms with Crippen molar-refractivity contribution in [3.05, 3.63) is 83.9 Å². The van der Waals surface area contributed by atoms with Crippen LogP contribution in [0.4, 0.5) is 5.95 Å². The zero-order valence-corrected chi connectivity index (χ0v) is 19.2. The van der Waals surface area contributed by atoms with Crippen LogP contribution in [0.25, 0.3) is 11.0 Å². The van der Waals surface area contributed by atoms with Crippen LogP contribution in [0.15, 0.2) is 72.8 Å². The molecule has 0 bridgehead atoms. The van der Waals surface area contributed by atoms with Crippen molar-refractivity contribution < 1.29 is 24.5 Å². The van der Waals surface area contributed by atoms with Crippen molar-refractivity contribution in [2.24, 2.45) is 5.92 Å². The molecule has 2 heterocycles. The summed E-state index contributed by atoms with van der Waals surface area (Å²) >= 11 is 0. The molecule has 0 saturated carbocycles. The minimum absolute atomic E-state index is 0.123. The molecule has 8 heteroatoms. The van der Waals surface area contributed by atoms with Crippen molar-refractivity contribution in [2.75, 3.05) is 18.1 Å². The van der Waals surface area contributed by atoms with E-state index in [1.807, 2.05) is 59.2 Å². The topological polar surface area (TPSA) is 105 Å². The van der Waals surface area contributed by atoms with Crippen molar-refractivity contribution in [3.8, 4) is 11.5 Å². The summed E-state index contributed by atoms with van der Waals surface area (Å²) in [6, 6.07) is 20.8. The molecule has 3 aromatic carbocycles. The van der Waals surface area contributed by atoms with Gasteiger partial charge in [-0.2, -0.15) is 0 Å². The highest BCUT2D eigenvalue weighted by atomic mass is 16.5. The second-order valence-corrected chi connectivity index (χ2v) is 8.42. The molecular weight excluding hydrogens is 446 g/mol. The minimum atomic E-state index is -1.19. The summed E-state index contributed by atoms with van der Waals surface area (Å²) in [5, 5.41) is 20.1. The number of nitrogens with zero attached hydrogens (tertiary/aromatic N) is 3. The predicted molar refractivity (Wildman–Crippen MR) is 130 cm³/mol. The van der Waals surface area contributed by atoms with Gasteiger partial charge >= 0.3 is 5.97 Å². The van der Waals surface area contributed by atoms with Gasteiger partial charge in [-0.3, -0.25) is 14.5 Å². The van der Waals surface area contributed by atoms with Crippen LogP contribution in [-0.4, -0.2) is 44.8 Å². The van der Waals surface area contributed by atoms with E-state index in [0.29, 0.717) is 30.0 Å². The highest BCUT2D eigenvalue weighted by molar-refractivity contribution is 6.08. The van der Waals surface area contributed by atoms with Crippen molar-refractivity contribution >= 4 is 28.9 Å². The number of rotatable bonds is 6. The third-order valence-electron chi connectivity index (χ3n) is 6.29. The molecule has 0 radical (unpaired) electrons. The molecule has 8 nitrogen and oxygen atoms in total. The molecule has 0 spiro atoms. The first-order valence-corrected chi connectivity index (χ1v) is 11.5. The molecule has 0 unspecified atom stereocenters. The van der Waals surface area contributed by atoms with Gasteiger partial charge in [-0.1, -0.05) is 48.5 Å². The molecule has 4 aromatic rings. The number of phenols is 2. The van der Waals surface area contributed by atoms with Gasteiger partial charge < -0.3 is 19.5 Å². The standard InChI is InChI=1S/C27H25N3O5/c1-2-35-26(34)23-24(18-12-13-21(31)22(32)16-18)30-20-11-7-6-10-19(20)28-27(30)29(25(23)33)15-14-17-8-4-3-5-9-17/h3-13,16,23-24,31-32H,2,14-15H2,1H3/t23-,24+/m1/s1. The van der Waals surface area contributed by atoms with Crippen LogP contribution >= 0.6 is 0 Å². The van der Waals surface area contributed by atoms with Crippen LogP contribution in [0.3, 0.4) is 0 Å². The van der Waals surface area contributed by atoms with Crippen molar-refractivity contribution in [2.45, 2.75) is 19.4 Å². The highest BCUT2D eigenvalue weighted by Gasteiger charge is 2.47. The second kappa shape index (κ2) is 9.13. The molecule has 35 heavy (non-hydrogen) atoms. The first-order chi connectivity index (χ1) is 17.0. The monoisotopic (exact) mass is 471 g/mol. The number of hydrogen-bond acceptors (Lipinski definition) is 6. The number of aromatic nitrogens is 2. The van der Waals surface area contributed by atoms with Crippen molar-refractivity contribution in [3.63, 3.8) is 0 Å². The van der Waals surface area contributed by atoms with E-state index < -0.39 is 23.8 Å². The fourth-order valence-corrected chi connectivity index (χ4v) is 4.67. The Morgan fingerprint density at radius 2 is 1.74 bits per heavy atom. The predicted octanol–water partition coefficient (Wildman–Crippen LogP) is 3.81. The number of phenolic OH excluding ortho intramolecular Hbond substituents is 2. The van der Waals surface area contributed by atoms with Gasteiger partial charge in [0.25, 0.3) is 0 Å². The van der Waals surface area contributed by atoms with E-state index >= 15 is 0 Å². The van der Waals surface area contributed by atoms with E-state index in [4.69, 9.17) is 9.72 Å². The summed E-state index contributed by atoms with van der Waals surface area (Å²) < 4.78 is 7.20. The van der Waals surface area contributed by atoms with E-state index in [1.165, 1.54) is 12.1 Å². The SMILES string of the molecule is CCOC(=O)[C@H]1C(=O)N(CCc2ccccc2)c2nc3ccccc3n2[C@H]1c1ccc(O)c(O)c1. The van der Waals surface area contributed by atoms with Gasteiger partial charge in [-0.25, -0.2) is 4.98 Å². The Balaban J connectivity index is 1.69. The van der Waals surface area contributed by atoms with E-state index in [2.05, 4.69) is 0 Å². The van der Waals surface area contributed by atoms with Crippen LogP contribution in [0.5, 0.6) is 11.5 Å². The van der Waals surface area contributed by atoms with Gasteiger partial charge in [0.05, 0.1) is 23.7 Å². The van der Waals surface area contributed by atoms with Crippen LogP contribution in [0.2, 0.25) is 0 Å². The highest BCUT2D eigenvalue weighted by Crippen LogP contribution is 2.42. The third-order valence-corrected chi connectivity index (χ3v) is 6.29. The molecule has 2 atom stereocenters. The summed E-state index contributed by atoms with van der Waals surface area (Å²) in [6.45, 7) is 2.14. The molecule has 0 fully saturated rings. The number of amides is 1.